The molecule has 2 aromatic rings. The molecule has 1 aromatic carbocycles. The molecule has 0 amide bonds. The van der Waals surface area contributed by atoms with E-state index in [0.717, 1.165) is 12.0 Å². The Morgan fingerprint density at radius 2 is 2.05 bits per heavy atom. The standard InChI is InChI=1S/C15H16N2O3/c1-2-9-20-15(19)13-5-3-12(4-6-13)10-17-8-7-14(11-18)16-17/h3-8,11H,2,9-10H2,1H3. The van der Waals surface area contributed by atoms with E-state index in [1.54, 1.807) is 29.1 Å². The number of aromatic nitrogens is 2. The summed E-state index contributed by atoms with van der Waals surface area (Å²) in [5, 5.41) is 4.08. The highest BCUT2D eigenvalue weighted by Gasteiger charge is 2.06. The van der Waals surface area contributed by atoms with Crippen LogP contribution in [-0.2, 0) is 11.3 Å². The summed E-state index contributed by atoms with van der Waals surface area (Å²) in [5.41, 5.74) is 1.94. The van der Waals surface area contributed by atoms with E-state index < -0.39 is 0 Å². The van der Waals surface area contributed by atoms with Crippen LogP contribution >= 0.6 is 0 Å². The van der Waals surface area contributed by atoms with Crippen molar-refractivity contribution in [1.29, 1.82) is 0 Å². The van der Waals surface area contributed by atoms with Crippen LogP contribution in [0.15, 0.2) is 36.5 Å². The van der Waals surface area contributed by atoms with Gasteiger partial charge >= 0.3 is 5.97 Å². The quantitative estimate of drug-likeness (QED) is 0.598. The van der Waals surface area contributed by atoms with Gasteiger partial charge in [0.1, 0.15) is 5.69 Å². The number of esters is 1. The molecule has 5 heteroatoms. The normalized spacial score (nSPS) is 10.2. The van der Waals surface area contributed by atoms with Gasteiger partial charge in [0.05, 0.1) is 18.7 Å². The summed E-state index contributed by atoms with van der Waals surface area (Å²) in [4.78, 5) is 22.2. The fraction of sp³-hybridized carbons (Fsp3) is 0.267. The molecule has 5 nitrogen and oxygen atoms in total. The van der Waals surface area contributed by atoms with Crippen molar-refractivity contribution in [3.05, 3.63) is 53.3 Å². The molecular formula is C15H16N2O3. The monoisotopic (exact) mass is 272 g/mol. The molecule has 0 bridgehead atoms. The van der Waals surface area contributed by atoms with Crippen LogP contribution in [0, 0.1) is 0 Å². The Labute approximate surface area is 117 Å². The van der Waals surface area contributed by atoms with Crippen molar-refractivity contribution in [2.75, 3.05) is 6.61 Å². The van der Waals surface area contributed by atoms with Crippen LogP contribution < -0.4 is 0 Å². The van der Waals surface area contributed by atoms with Crippen LogP contribution in [0.4, 0.5) is 0 Å². The minimum Gasteiger partial charge on any atom is -0.462 e. The maximum atomic E-state index is 11.6. The van der Waals surface area contributed by atoms with Crippen molar-refractivity contribution >= 4 is 12.3 Å². The van der Waals surface area contributed by atoms with Crippen molar-refractivity contribution < 1.29 is 14.3 Å². The minimum atomic E-state index is -0.305. The first-order valence-electron chi connectivity index (χ1n) is 6.47. The molecule has 0 aliphatic heterocycles. The molecule has 0 radical (unpaired) electrons. The molecule has 0 aliphatic rings. The fourth-order valence-electron chi connectivity index (χ4n) is 1.74. The van der Waals surface area contributed by atoms with Crippen LogP contribution in [0.3, 0.4) is 0 Å². The Kier molecular flexibility index (Phi) is 4.65. The van der Waals surface area contributed by atoms with Gasteiger partial charge in [0.2, 0.25) is 0 Å². The second kappa shape index (κ2) is 6.65. The first-order chi connectivity index (χ1) is 9.72. The van der Waals surface area contributed by atoms with E-state index in [-0.39, 0.29) is 5.97 Å². The van der Waals surface area contributed by atoms with Crippen LogP contribution in [0.2, 0.25) is 0 Å². The van der Waals surface area contributed by atoms with E-state index in [0.29, 0.717) is 30.7 Å². The zero-order valence-electron chi connectivity index (χ0n) is 11.3. The largest absolute Gasteiger partial charge is 0.462 e. The number of hydrogen-bond acceptors (Lipinski definition) is 4. The molecule has 20 heavy (non-hydrogen) atoms. The van der Waals surface area contributed by atoms with Gasteiger partial charge in [0.15, 0.2) is 6.29 Å². The third kappa shape index (κ3) is 3.54. The predicted octanol–water partition coefficient (Wildman–Crippen LogP) is 2.31. The Balaban J connectivity index is 2.00. The number of benzene rings is 1. The molecular weight excluding hydrogens is 256 g/mol. The van der Waals surface area contributed by atoms with Gasteiger partial charge in [0, 0.05) is 6.20 Å². The van der Waals surface area contributed by atoms with E-state index in [1.807, 2.05) is 19.1 Å². The Bertz CT molecular complexity index is 587. The second-order valence-electron chi connectivity index (χ2n) is 4.39. The van der Waals surface area contributed by atoms with Gasteiger partial charge in [-0.2, -0.15) is 5.10 Å². The molecule has 0 aliphatic carbocycles. The van der Waals surface area contributed by atoms with Crippen LogP contribution in [0.5, 0.6) is 0 Å². The topological polar surface area (TPSA) is 61.2 Å². The summed E-state index contributed by atoms with van der Waals surface area (Å²) in [6, 6.07) is 8.83. The molecule has 0 fully saturated rings. The van der Waals surface area contributed by atoms with Gasteiger partial charge in [-0.15, -0.1) is 0 Å². The average molecular weight is 272 g/mol. The zero-order chi connectivity index (χ0) is 14.4. The van der Waals surface area contributed by atoms with Crippen molar-refractivity contribution in [2.45, 2.75) is 19.9 Å². The lowest BCUT2D eigenvalue weighted by molar-refractivity contribution is 0.0505. The summed E-state index contributed by atoms with van der Waals surface area (Å²) >= 11 is 0. The second-order valence-corrected chi connectivity index (χ2v) is 4.39. The van der Waals surface area contributed by atoms with Gasteiger partial charge in [-0.1, -0.05) is 19.1 Å². The number of ether oxygens (including phenoxy) is 1. The first kappa shape index (κ1) is 14.0. The lowest BCUT2D eigenvalue weighted by atomic mass is 10.1. The van der Waals surface area contributed by atoms with Crippen LogP contribution in [0.25, 0.3) is 0 Å². The molecule has 0 unspecified atom stereocenters. The number of carbonyl (C=O) groups is 2. The van der Waals surface area contributed by atoms with Crippen LogP contribution in [-0.4, -0.2) is 28.6 Å². The van der Waals surface area contributed by atoms with Gasteiger partial charge in [-0.3, -0.25) is 9.48 Å². The van der Waals surface area contributed by atoms with Crippen molar-refractivity contribution in [3.63, 3.8) is 0 Å². The van der Waals surface area contributed by atoms with E-state index in [4.69, 9.17) is 4.74 Å². The van der Waals surface area contributed by atoms with Crippen molar-refractivity contribution in [1.82, 2.24) is 9.78 Å². The molecule has 0 N–H and O–H groups in total. The summed E-state index contributed by atoms with van der Waals surface area (Å²) < 4.78 is 6.73. The number of aldehydes is 1. The summed E-state index contributed by atoms with van der Waals surface area (Å²) in [5.74, 6) is -0.305. The number of rotatable bonds is 6. The summed E-state index contributed by atoms with van der Waals surface area (Å²) in [7, 11) is 0. The van der Waals surface area contributed by atoms with Gasteiger partial charge < -0.3 is 4.74 Å². The maximum absolute atomic E-state index is 11.6. The highest BCUT2D eigenvalue weighted by atomic mass is 16.5. The van der Waals surface area contributed by atoms with E-state index >= 15 is 0 Å². The van der Waals surface area contributed by atoms with E-state index in [1.165, 1.54) is 0 Å². The molecule has 0 saturated carbocycles. The molecule has 1 aromatic heterocycles. The van der Waals surface area contributed by atoms with Crippen LogP contribution in [0.1, 0.15) is 39.8 Å². The smallest absolute Gasteiger partial charge is 0.338 e. The van der Waals surface area contributed by atoms with Gasteiger partial charge in [0.25, 0.3) is 0 Å². The molecule has 0 spiro atoms. The van der Waals surface area contributed by atoms with Crippen molar-refractivity contribution in [3.8, 4) is 0 Å². The Morgan fingerprint density at radius 1 is 1.30 bits per heavy atom. The summed E-state index contributed by atoms with van der Waals surface area (Å²) in [6.07, 6.45) is 3.26. The average Bonchev–Trinajstić information content (AvgIpc) is 2.93. The predicted molar refractivity (Wildman–Crippen MR) is 73.7 cm³/mol. The number of carbonyl (C=O) groups excluding carboxylic acids is 2. The maximum Gasteiger partial charge on any atom is 0.338 e. The zero-order valence-corrected chi connectivity index (χ0v) is 11.3. The Morgan fingerprint density at radius 3 is 2.65 bits per heavy atom. The SMILES string of the molecule is CCCOC(=O)c1ccc(Cn2ccc(C=O)n2)cc1. The van der Waals surface area contributed by atoms with Gasteiger partial charge in [-0.25, -0.2) is 4.79 Å². The highest BCUT2D eigenvalue weighted by Crippen LogP contribution is 2.08. The van der Waals surface area contributed by atoms with E-state index in [2.05, 4.69) is 5.10 Å². The molecule has 0 saturated heterocycles. The first-order valence-corrected chi connectivity index (χ1v) is 6.47. The third-order valence-electron chi connectivity index (χ3n) is 2.75. The molecule has 0 atom stereocenters. The minimum absolute atomic E-state index is 0.305. The lowest BCUT2D eigenvalue weighted by Gasteiger charge is -2.05. The summed E-state index contributed by atoms with van der Waals surface area (Å²) in [6.45, 7) is 2.94. The fourth-order valence-corrected chi connectivity index (χ4v) is 1.74. The molecule has 2 rings (SSSR count). The Hall–Kier alpha value is -2.43. The van der Waals surface area contributed by atoms with Crippen molar-refractivity contribution in [2.24, 2.45) is 0 Å². The molecule has 104 valence electrons. The lowest BCUT2D eigenvalue weighted by Crippen LogP contribution is -2.06. The number of hydrogen-bond donors (Lipinski definition) is 0. The molecule has 1 heterocycles. The highest BCUT2D eigenvalue weighted by molar-refractivity contribution is 5.89. The number of nitrogens with zero attached hydrogens (tertiary/aromatic N) is 2. The van der Waals surface area contributed by atoms with E-state index in [9.17, 15) is 9.59 Å². The third-order valence-corrected chi connectivity index (χ3v) is 2.75. The van der Waals surface area contributed by atoms with Gasteiger partial charge in [-0.05, 0) is 30.2 Å².